The lowest BCUT2D eigenvalue weighted by molar-refractivity contribution is -0.162. The van der Waals surface area contributed by atoms with Crippen LogP contribution in [0.25, 0.3) is 0 Å². The van der Waals surface area contributed by atoms with Gasteiger partial charge in [0, 0.05) is 51.0 Å². The molecule has 2 aliphatic heterocycles. The van der Waals surface area contributed by atoms with E-state index in [0.717, 1.165) is 39.0 Å². The molecule has 1 amide bonds. The van der Waals surface area contributed by atoms with E-state index in [9.17, 15) is 18.0 Å². The predicted molar refractivity (Wildman–Crippen MR) is 95.2 cm³/mol. The van der Waals surface area contributed by atoms with Crippen LogP contribution in [0.15, 0.2) is 24.3 Å². The van der Waals surface area contributed by atoms with Gasteiger partial charge in [0.1, 0.15) is 6.42 Å². The normalized spacial score (nSPS) is 22.5. The second-order valence-electron chi connectivity index (χ2n) is 7.24. The van der Waals surface area contributed by atoms with E-state index in [1.54, 1.807) is 0 Å². The number of carbonyl (C=O) groups is 1. The van der Waals surface area contributed by atoms with Crippen LogP contribution in [0.5, 0.6) is 0 Å². The Morgan fingerprint density at radius 1 is 1.12 bits per heavy atom. The van der Waals surface area contributed by atoms with Crippen LogP contribution in [0.1, 0.15) is 24.8 Å². The highest BCUT2D eigenvalue weighted by atomic mass is 19.4. The van der Waals surface area contributed by atoms with Crippen LogP contribution in [0, 0.1) is 6.92 Å². The van der Waals surface area contributed by atoms with Gasteiger partial charge in [0.25, 0.3) is 0 Å². The van der Waals surface area contributed by atoms with Crippen LogP contribution in [0.3, 0.4) is 0 Å². The Morgan fingerprint density at radius 2 is 1.81 bits per heavy atom. The lowest BCUT2D eigenvalue weighted by Crippen LogP contribution is -2.56. The van der Waals surface area contributed by atoms with E-state index in [-0.39, 0.29) is 6.04 Å². The minimum atomic E-state index is -4.43. The van der Waals surface area contributed by atoms with Crippen molar-refractivity contribution < 1.29 is 18.0 Å². The Kier molecular flexibility index (Phi) is 5.75. The summed E-state index contributed by atoms with van der Waals surface area (Å²) in [6, 6.07) is 8.47. The third-order valence-corrected chi connectivity index (χ3v) is 5.39. The van der Waals surface area contributed by atoms with Crippen LogP contribution in [-0.4, -0.2) is 67.2 Å². The number of aryl methyl sites for hydroxylation is 1. The molecule has 1 unspecified atom stereocenters. The Morgan fingerprint density at radius 3 is 2.46 bits per heavy atom. The number of nitrogens with zero attached hydrogens (tertiary/aromatic N) is 3. The fraction of sp³-hybridized carbons (Fsp3) is 0.632. The molecule has 2 fully saturated rings. The van der Waals surface area contributed by atoms with Gasteiger partial charge >= 0.3 is 6.18 Å². The molecular weight excluding hydrogens is 343 g/mol. The Hall–Kier alpha value is -1.76. The lowest BCUT2D eigenvalue weighted by atomic mass is 10.0. The van der Waals surface area contributed by atoms with Crippen LogP contribution in [0.2, 0.25) is 0 Å². The summed E-state index contributed by atoms with van der Waals surface area (Å²) in [5.74, 6) is -0.791. The number of para-hydroxylation sites is 1. The molecule has 3 rings (SSSR count). The summed E-state index contributed by atoms with van der Waals surface area (Å²) in [7, 11) is 0. The molecule has 1 aromatic rings. The number of amides is 1. The molecule has 26 heavy (non-hydrogen) atoms. The number of alkyl halides is 3. The van der Waals surface area contributed by atoms with Gasteiger partial charge in [-0.1, -0.05) is 18.2 Å². The van der Waals surface area contributed by atoms with Crippen LogP contribution in [-0.2, 0) is 4.79 Å². The van der Waals surface area contributed by atoms with E-state index in [4.69, 9.17) is 0 Å². The summed E-state index contributed by atoms with van der Waals surface area (Å²) < 4.78 is 37.5. The molecule has 0 saturated carbocycles. The largest absolute Gasteiger partial charge is 0.397 e. The lowest BCUT2D eigenvalue weighted by Gasteiger charge is -2.44. The van der Waals surface area contributed by atoms with Gasteiger partial charge in [-0.2, -0.15) is 13.2 Å². The smallest absolute Gasteiger partial charge is 0.369 e. The van der Waals surface area contributed by atoms with Crippen molar-refractivity contribution >= 4 is 11.6 Å². The van der Waals surface area contributed by atoms with E-state index >= 15 is 0 Å². The fourth-order valence-electron chi connectivity index (χ4n) is 4.01. The van der Waals surface area contributed by atoms with Gasteiger partial charge in [0.05, 0.1) is 0 Å². The summed E-state index contributed by atoms with van der Waals surface area (Å²) in [5, 5.41) is 0. The van der Waals surface area contributed by atoms with Gasteiger partial charge in [-0.15, -0.1) is 0 Å². The summed E-state index contributed by atoms with van der Waals surface area (Å²) in [5.41, 5.74) is 2.50. The number of rotatable bonds is 3. The van der Waals surface area contributed by atoms with Crippen molar-refractivity contribution in [3.63, 3.8) is 0 Å². The van der Waals surface area contributed by atoms with Gasteiger partial charge in [0.2, 0.25) is 5.91 Å². The number of carbonyl (C=O) groups excluding carboxylic acids is 1. The van der Waals surface area contributed by atoms with Gasteiger partial charge in [-0.25, -0.2) is 0 Å². The zero-order chi connectivity index (χ0) is 18.7. The maximum absolute atomic E-state index is 12.5. The van der Waals surface area contributed by atoms with Gasteiger partial charge < -0.3 is 9.80 Å². The monoisotopic (exact) mass is 369 g/mol. The van der Waals surface area contributed by atoms with Crippen molar-refractivity contribution in [2.24, 2.45) is 0 Å². The second-order valence-corrected chi connectivity index (χ2v) is 7.24. The fourth-order valence-corrected chi connectivity index (χ4v) is 4.01. The third kappa shape index (κ3) is 4.69. The molecule has 2 heterocycles. The highest BCUT2D eigenvalue weighted by Crippen LogP contribution is 2.25. The van der Waals surface area contributed by atoms with E-state index in [2.05, 4.69) is 28.9 Å². The first-order valence-electron chi connectivity index (χ1n) is 9.22. The minimum Gasteiger partial charge on any atom is -0.369 e. The Balaban J connectivity index is 1.54. The summed E-state index contributed by atoms with van der Waals surface area (Å²) in [6.45, 7) is 6.51. The number of likely N-dealkylation sites (tertiary alicyclic amines) is 1. The third-order valence-electron chi connectivity index (χ3n) is 5.39. The molecule has 7 heteroatoms. The molecule has 2 saturated heterocycles. The standard InChI is InChI=1S/C19H26F3N3O/c1-15-5-2-3-7-17(15)24-11-9-23(10-12-24)16-6-4-8-25(14-16)18(26)13-19(20,21)22/h2-3,5,7,16H,4,6,8-14H2,1H3. The first-order valence-corrected chi connectivity index (χ1v) is 9.22. The number of halogens is 3. The SMILES string of the molecule is Cc1ccccc1N1CCN(C2CCCN(C(=O)CC(F)(F)F)C2)CC1. The van der Waals surface area contributed by atoms with Crippen molar-refractivity contribution in [3.8, 4) is 0 Å². The second kappa shape index (κ2) is 7.86. The van der Waals surface area contributed by atoms with Crippen LogP contribution >= 0.6 is 0 Å². The predicted octanol–water partition coefficient (Wildman–Crippen LogP) is 3.06. The number of benzene rings is 1. The highest BCUT2D eigenvalue weighted by molar-refractivity contribution is 5.77. The Labute approximate surface area is 152 Å². The van der Waals surface area contributed by atoms with Crippen molar-refractivity contribution in [2.45, 2.75) is 38.4 Å². The molecule has 0 aliphatic carbocycles. The van der Waals surface area contributed by atoms with Crippen LogP contribution in [0.4, 0.5) is 18.9 Å². The van der Waals surface area contributed by atoms with Gasteiger partial charge in [0.15, 0.2) is 0 Å². The molecule has 4 nitrogen and oxygen atoms in total. The zero-order valence-corrected chi connectivity index (χ0v) is 15.1. The zero-order valence-electron chi connectivity index (χ0n) is 15.1. The maximum Gasteiger partial charge on any atom is 0.397 e. The number of hydrogen-bond donors (Lipinski definition) is 0. The number of piperazine rings is 1. The molecule has 144 valence electrons. The minimum absolute atomic E-state index is 0.167. The highest BCUT2D eigenvalue weighted by Gasteiger charge is 2.36. The number of anilines is 1. The average Bonchev–Trinajstić information content (AvgIpc) is 2.61. The summed E-state index contributed by atoms with van der Waals surface area (Å²) >= 11 is 0. The van der Waals surface area contributed by atoms with Gasteiger partial charge in [-0.05, 0) is 31.4 Å². The van der Waals surface area contributed by atoms with Crippen molar-refractivity contribution in [2.75, 3.05) is 44.2 Å². The number of hydrogen-bond acceptors (Lipinski definition) is 3. The molecule has 0 aromatic heterocycles. The van der Waals surface area contributed by atoms with Crippen molar-refractivity contribution in [1.82, 2.24) is 9.80 Å². The number of piperidine rings is 1. The molecule has 0 N–H and O–H groups in total. The quantitative estimate of drug-likeness (QED) is 0.819. The van der Waals surface area contributed by atoms with E-state index in [1.165, 1.54) is 16.2 Å². The average molecular weight is 369 g/mol. The topological polar surface area (TPSA) is 26.8 Å². The maximum atomic E-state index is 12.5. The molecule has 0 bridgehead atoms. The van der Waals surface area contributed by atoms with E-state index in [1.807, 2.05) is 12.1 Å². The van der Waals surface area contributed by atoms with Crippen molar-refractivity contribution in [3.05, 3.63) is 29.8 Å². The molecule has 1 aromatic carbocycles. The van der Waals surface area contributed by atoms with Crippen molar-refractivity contribution in [1.29, 1.82) is 0 Å². The Bertz CT molecular complexity index is 627. The first kappa shape index (κ1) is 19.0. The molecule has 2 aliphatic rings. The van der Waals surface area contributed by atoms with Gasteiger partial charge in [-0.3, -0.25) is 9.69 Å². The molecule has 0 radical (unpaired) electrons. The summed E-state index contributed by atoms with van der Waals surface area (Å²) in [4.78, 5) is 18.0. The molecule has 1 atom stereocenters. The first-order chi connectivity index (χ1) is 12.3. The van der Waals surface area contributed by atoms with E-state index < -0.39 is 18.5 Å². The van der Waals surface area contributed by atoms with E-state index in [0.29, 0.717) is 13.1 Å². The molecular formula is C19H26F3N3O. The van der Waals surface area contributed by atoms with Crippen LogP contribution < -0.4 is 4.90 Å². The summed E-state index contributed by atoms with van der Waals surface area (Å²) in [6.07, 6.45) is -4.06. The molecule has 0 spiro atoms.